The van der Waals surface area contributed by atoms with Gasteiger partial charge in [0.15, 0.2) is 0 Å². The Kier molecular flexibility index (Phi) is 4.94. The summed E-state index contributed by atoms with van der Waals surface area (Å²) in [6.07, 6.45) is 8.68. The van der Waals surface area contributed by atoms with Crippen LogP contribution in [0.5, 0.6) is 0 Å². The lowest BCUT2D eigenvalue weighted by Crippen LogP contribution is -2.52. The second kappa shape index (κ2) is 6.90. The first-order valence-corrected chi connectivity index (χ1v) is 8.55. The van der Waals surface area contributed by atoms with Crippen LogP contribution >= 0.6 is 0 Å². The van der Waals surface area contributed by atoms with E-state index in [2.05, 4.69) is 15.1 Å². The largest absolute Gasteiger partial charge is 0.340 e. The van der Waals surface area contributed by atoms with Gasteiger partial charge in [-0.15, -0.1) is 0 Å². The molecule has 0 spiro atoms. The molecule has 4 heteroatoms. The number of amides is 1. The maximum atomic E-state index is 12.4. The Morgan fingerprint density at radius 2 is 1.75 bits per heavy atom. The maximum absolute atomic E-state index is 12.4. The van der Waals surface area contributed by atoms with Crippen molar-refractivity contribution in [3.8, 4) is 0 Å². The molecule has 0 radical (unpaired) electrons. The van der Waals surface area contributed by atoms with E-state index in [4.69, 9.17) is 0 Å². The number of nitrogens with zero attached hydrogens (tertiary/aromatic N) is 2. The Hall–Kier alpha value is -0.610. The van der Waals surface area contributed by atoms with Gasteiger partial charge in [-0.1, -0.05) is 19.3 Å². The van der Waals surface area contributed by atoms with Gasteiger partial charge in [0.05, 0.1) is 0 Å². The Balaban J connectivity index is 1.41. The molecule has 2 aliphatic heterocycles. The van der Waals surface area contributed by atoms with E-state index >= 15 is 0 Å². The normalized spacial score (nSPS) is 29.8. The van der Waals surface area contributed by atoms with Crippen molar-refractivity contribution < 1.29 is 4.79 Å². The van der Waals surface area contributed by atoms with Crippen molar-refractivity contribution in [2.45, 2.75) is 51.0 Å². The van der Waals surface area contributed by atoms with Gasteiger partial charge in [-0.3, -0.25) is 9.69 Å². The Labute approximate surface area is 122 Å². The van der Waals surface area contributed by atoms with Gasteiger partial charge in [0.25, 0.3) is 0 Å². The fourth-order valence-corrected chi connectivity index (χ4v) is 4.05. The highest BCUT2D eigenvalue weighted by atomic mass is 16.2. The first-order valence-electron chi connectivity index (χ1n) is 8.55. The molecule has 20 heavy (non-hydrogen) atoms. The third kappa shape index (κ3) is 3.53. The SMILES string of the molecule is O=C(CC1CCCCC1)N1CCN(C2CCNC2)CC1. The van der Waals surface area contributed by atoms with Crippen LogP contribution in [0.1, 0.15) is 44.9 Å². The number of carbonyl (C=O) groups excluding carboxylic acids is 1. The van der Waals surface area contributed by atoms with Gasteiger partial charge < -0.3 is 10.2 Å². The summed E-state index contributed by atoms with van der Waals surface area (Å²) in [5.74, 6) is 1.09. The van der Waals surface area contributed by atoms with Crippen molar-refractivity contribution in [2.75, 3.05) is 39.3 Å². The Morgan fingerprint density at radius 3 is 2.40 bits per heavy atom. The molecule has 0 aromatic carbocycles. The molecule has 0 bridgehead atoms. The zero-order valence-corrected chi connectivity index (χ0v) is 12.6. The second-order valence-electron chi connectivity index (χ2n) is 6.77. The summed E-state index contributed by atoms with van der Waals surface area (Å²) in [7, 11) is 0. The Bertz CT molecular complexity index is 314. The molecule has 0 aromatic rings. The molecule has 1 saturated carbocycles. The first-order chi connectivity index (χ1) is 9.83. The molecular weight excluding hydrogens is 250 g/mol. The van der Waals surface area contributed by atoms with Crippen molar-refractivity contribution in [3.63, 3.8) is 0 Å². The summed E-state index contributed by atoms with van der Waals surface area (Å²) in [6, 6.07) is 0.714. The van der Waals surface area contributed by atoms with Crippen LogP contribution in [-0.2, 0) is 4.79 Å². The zero-order valence-electron chi connectivity index (χ0n) is 12.6. The predicted octanol–water partition coefficient (Wildman–Crippen LogP) is 1.46. The highest BCUT2D eigenvalue weighted by molar-refractivity contribution is 5.76. The minimum absolute atomic E-state index is 0.418. The number of carbonyl (C=O) groups is 1. The fraction of sp³-hybridized carbons (Fsp3) is 0.938. The van der Waals surface area contributed by atoms with Gasteiger partial charge in [-0.2, -0.15) is 0 Å². The summed E-state index contributed by atoms with van der Waals surface area (Å²) in [6.45, 7) is 6.33. The van der Waals surface area contributed by atoms with Crippen LogP contribution < -0.4 is 5.32 Å². The average molecular weight is 279 g/mol. The van der Waals surface area contributed by atoms with Crippen LogP contribution in [-0.4, -0.2) is 61.0 Å². The van der Waals surface area contributed by atoms with Gasteiger partial charge in [-0.25, -0.2) is 0 Å². The number of piperazine rings is 1. The molecular formula is C16H29N3O. The predicted molar refractivity (Wildman–Crippen MR) is 80.6 cm³/mol. The molecule has 3 fully saturated rings. The summed E-state index contributed by atoms with van der Waals surface area (Å²) >= 11 is 0. The lowest BCUT2D eigenvalue weighted by molar-refractivity contribution is -0.134. The number of nitrogens with one attached hydrogen (secondary N) is 1. The number of rotatable bonds is 3. The van der Waals surface area contributed by atoms with E-state index in [0.29, 0.717) is 17.9 Å². The lowest BCUT2D eigenvalue weighted by atomic mass is 9.86. The number of hydrogen-bond acceptors (Lipinski definition) is 3. The average Bonchev–Trinajstić information content (AvgIpc) is 3.03. The lowest BCUT2D eigenvalue weighted by Gasteiger charge is -2.38. The molecule has 2 heterocycles. The molecule has 1 aliphatic carbocycles. The molecule has 0 aromatic heterocycles. The van der Waals surface area contributed by atoms with Crippen LogP contribution in [0.4, 0.5) is 0 Å². The van der Waals surface area contributed by atoms with Crippen LogP contribution in [0.3, 0.4) is 0 Å². The smallest absolute Gasteiger partial charge is 0.222 e. The third-order valence-electron chi connectivity index (χ3n) is 5.41. The van der Waals surface area contributed by atoms with Crippen LogP contribution in [0.25, 0.3) is 0 Å². The van der Waals surface area contributed by atoms with Crippen molar-refractivity contribution >= 4 is 5.91 Å². The minimum atomic E-state index is 0.418. The first kappa shape index (κ1) is 14.3. The topological polar surface area (TPSA) is 35.6 Å². The molecule has 1 atom stereocenters. The van der Waals surface area contributed by atoms with Crippen LogP contribution in [0.2, 0.25) is 0 Å². The summed E-state index contributed by atoms with van der Waals surface area (Å²) in [4.78, 5) is 17.1. The van der Waals surface area contributed by atoms with Crippen LogP contribution in [0.15, 0.2) is 0 Å². The van der Waals surface area contributed by atoms with E-state index in [9.17, 15) is 4.79 Å². The van der Waals surface area contributed by atoms with Gasteiger partial charge >= 0.3 is 0 Å². The molecule has 3 aliphatic rings. The molecule has 1 unspecified atom stereocenters. The van der Waals surface area contributed by atoms with E-state index in [1.807, 2.05) is 0 Å². The van der Waals surface area contributed by atoms with Crippen molar-refractivity contribution in [2.24, 2.45) is 5.92 Å². The highest BCUT2D eigenvalue weighted by Gasteiger charge is 2.28. The van der Waals surface area contributed by atoms with E-state index < -0.39 is 0 Å². The van der Waals surface area contributed by atoms with Gasteiger partial charge in [0, 0.05) is 45.2 Å². The number of hydrogen-bond donors (Lipinski definition) is 1. The molecule has 114 valence electrons. The van der Waals surface area contributed by atoms with E-state index in [1.54, 1.807) is 0 Å². The van der Waals surface area contributed by atoms with Crippen LogP contribution in [0, 0.1) is 5.92 Å². The Morgan fingerprint density at radius 1 is 1.00 bits per heavy atom. The van der Waals surface area contributed by atoms with E-state index in [-0.39, 0.29) is 0 Å². The third-order valence-corrected chi connectivity index (χ3v) is 5.41. The summed E-state index contributed by atoms with van der Waals surface area (Å²) < 4.78 is 0. The quantitative estimate of drug-likeness (QED) is 0.849. The van der Waals surface area contributed by atoms with Gasteiger partial charge in [0.2, 0.25) is 5.91 Å². The molecule has 3 rings (SSSR count). The fourth-order valence-electron chi connectivity index (χ4n) is 4.05. The maximum Gasteiger partial charge on any atom is 0.222 e. The molecule has 2 saturated heterocycles. The van der Waals surface area contributed by atoms with E-state index in [1.165, 1.54) is 38.5 Å². The summed E-state index contributed by atoms with van der Waals surface area (Å²) in [5.41, 5.74) is 0. The zero-order chi connectivity index (χ0) is 13.8. The van der Waals surface area contributed by atoms with Crippen molar-refractivity contribution in [3.05, 3.63) is 0 Å². The standard InChI is InChI=1S/C16H29N3O/c20-16(12-14-4-2-1-3-5-14)19-10-8-18(9-11-19)15-6-7-17-13-15/h14-15,17H,1-13H2. The van der Waals surface area contributed by atoms with Crippen molar-refractivity contribution in [1.82, 2.24) is 15.1 Å². The molecule has 4 nitrogen and oxygen atoms in total. The monoisotopic (exact) mass is 279 g/mol. The van der Waals surface area contributed by atoms with E-state index in [0.717, 1.165) is 45.7 Å². The van der Waals surface area contributed by atoms with Gasteiger partial charge in [-0.05, 0) is 31.7 Å². The summed E-state index contributed by atoms with van der Waals surface area (Å²) in [5, 5.41) is 3.44. The minimum Gasteiger partial charge on any atom is -0.340 e. The van der Waals surface area contributed by atoms with Crippen molar-refractivity contribution in [1.29, 1.82) is 0 Å². The highest BCUT2D eigenvalue weighted by Crippen LogP contribution is 2.27. The molecule has 1 N–H and O–H groups in total. The second-order valence-corrected chi connectivity index (χ2v) is 6.77. The molecule has 1 amide bonds. The van der Waals surface area contributed by atoms with Gasteiger partial charge in [0.1, 0.15) is 0 Å².